The van der Waals surface area contributed by atoms with Crippen LogP contribution in [-0.4, -0.2) is 23.7 Å². The molecule has 4 nitrogen and oxygen atoms in total. The molecule has 0 atom stereocenters. The SMILES string of the molecule is O=C(NOCC(F)(F)F)c1ccc2ncccc2c1. The van der Waals surface area contributed by atoms with E-state index in [1.807, 2.05) is 0 Å². The Balaban J connectivity index is 2.05. The molecule has 2 rings (SSSR count). The van der Waals surface area contributed by atoms with E-state index >= 15 is 0 Å². The first kappa shape index (κ1) is 13.3. The van der Waals surface area contributed by atoms with Crippen LogP contribution in [0.5, 0.6) is 0 Å². The number of benzene rings is 1. The molecular weight excluding hydrogens is 261 g/mol. The zero-order chi connectivity index (χ0) is 13.9. The number of aromatic nitrogens is 1. The Kier molecular flexibility index (Phi) is 3.66. The summed E-state index contributed by atoms with van der Waals surface area (Å²) in [5.41, 5.74) is 2.63. The van der Waals surface area contributed by atoms with Crippen LogP contribution < -0.4 is 5.48 Å². The molecule has 0 aliphatic rings. The Morgan fingerprint density at radius 3 is 2.84 bits per heavy atom. The van der Waals surface area contributed by atoms with E-state index in [-0.39, 0.29) is 5.56 Å². The zero-order valence-corrected chi connectivity index (χ0v) is 9.57. The first-order valence-electron chi connectivity index (χ1n) is 5.29. The largest absolute Gasteiger partial charge is 0.414 e. The summed E-state index contributed by atoms with van der Waals surface area (Å²) in [4.78, 5) is 19.7. The van der Waals surface area contributed by atoms with Crippen LogP contribution in [0.15, 0.2) is 36.5 Å². The van der Waals surface area contributed by atoms with Crippen LogP contribution in [0.3, 0.4) is 0 Å². The standard InChI is InChI=1S/C12H9F3N2O2/c13-12(14,15)7-19-17-11(18)9-3-4-10-8(6-9)2-1-5-16-10/h1-6H,7H2,(H,17,18). The van der Waals surface area contributed by atoms with Crippen LogP contribution in [0.4, 0.5) is 13.2 Å². The van der Waals surface area contributed by atoms with Gasteiger partial charge in [0.25, 0.3) is 5.91 Å². The van der Waals surface area contributed by atoms with Gasteiger partial charge in [0, 0.05) is 17.1 Å². The van der Waals surface area contributed by atoms with Gasteiger partial charge in [0.15, 0.2) is 6.61 Å². The van der Waals surface area contributed by atoms with E-state index in [9.17, 15) is 18.0 Å². The lowest BCUT2D eigenvalue weighted by Crippen LogP contribution is -2.29. The smallest absolute Gasteiger partial charge is 0.267 e. The summed E-state index contributed by atoms with van der Waals surface area (Å²) in [6.45, 7) is -1.53. The van der Waals surface area contributed by atoms with Crippen LogP contribution in [0.1, 0.15) is 10.4 Å². The normalized spacial score (nSPS) is 11.5. The zero-order valence-electron chi connectivity index (χ0n) is 9.57. The molecule has 100 valence electrons. The number of fused-ring (bicyclic) bond motifs is 1. The van der Waals surface area contributed by atoms with Crippen molar-refractivity contribution in [1.29, 1.82) is 0 Å². The van der Waals surface area contributed by atoms with Gasteiger partial charge in [0.1, 0.15) is 0 Å². The number of nitrogens with zero attached hydrogens (tertiary/aromatic N) is 1. The fourth-order valence-electron chi connectivity index (χ4n) is 1.46. The maximum Gasteiger partial charge on any atom is 0.414 e. The van der Waals surface area contributed by atoms with Crippen molar-refractivity contribution in [3.8, 4) is 0 Å². The first-order chi connectivity index (χ1) is 8.96. The molecule has 19 heavy (non-hydrogen) atoms. The molecule has 0 fully saturated rings. The summed E-state index contributed by atoms with van der Waals surface area (Å²) >= 11 is 0. The van der Waals surface area contributed by atoms with E-state index in [0.29, 0.717) is 10.9 Å². The molecule has 1 aromatic heterocycles. The van der Waals surface area contributed by atoms with Gasteiger partial charge in [-0.25, -0.2) is 5.48 Å². The number of rotatable bonds is 3. The van der Waals surface area contributed by atoms with Crippen LogP contribution in [0.2, 0.25) is 0 Å². The number of halogens is 3. The van der Waals surface area contributed by atoms with Crippen molar-refractivity contribution in [2.24, 2.45) is 0 Å². The predicted molar refractivity (Wildman–Crippen MR) is 61.2 cm³/mol. The molecule has 0 radical (unpaired) electrons. The van der Waals surface area contributed by atoms with Crippen molar-refractivity contribution in [2.45, 2.75) is 6.18 Å². The summed E-state index contributed by atoms with van der Waals surface area (Å²) < 4.78 is 35.5. The number of amides is 1. The minimum Gasteiger partial charge on any atom is -0.267 e. The molecule has 0 aliphatic carbocycles. The van der Waals surface area contributed by atoms with E-state index in [1.54, 1.807) is 29.9 Å². The summed E-state index contributed by atoms with van der Waals surface area (Å²) in [6.07, 6.45) is -2.88. The molecule has 0 spiro atoms. The topological polar surface area (TPSA) is 51.2 Å². The molecule has 7 heteroatoms. The second-order valence-electron chi connectivity index (χ2n) is 3.75. The summed E-state index contributed by atoms with van der Waals surface area (Å²) in [6, 6.07) is 8.03. The highest BCUT2D eigenvalue weighted by Gasteiger charge is 2.28. The lowest BCUT2D eigenvalue weighted by atomic mass is 10.1. The highest BCUT2D eigenvalue weighted by atomic mass is 19.4. The number of pyridine rings is 1. The lowest BCUT2D eigenvalue weighted by Gasteiger charge is -2.08. The number of nitrogens with one attached hydrogen (secondary N) is 1. The Hall–Kier alpha value is -2.15. The van der Waals surface area contributed by atoms with Crippen molar-refractivity contribution in [3.05, 3.63) is 42.1 Å². The van der Waals surface area contributed by atoms with Crippen LogP contribution in [-0.2, 0) is 4.84 Å². The van der Waals surface area contributed by atoms with Gasteiger partial charge in [-0.3, -0.25) is 14.6 Å². The number of hydroxylamine groups is 1. The van der Waals surface area contributed by atoms with Gasteiger partial charge in [0.2, 0.25) is 0 Å². The second-order valence-corrected chi connectivity index (χ2v) is 3.75. The minimum absolute atomic E-state index is 0.197. The average Bonchev–Trinajstić information content (AvgIpc) is 2.36. The lowest BCUT2D eigenvalue weighted by molar-refractivity contribution is -0.184. The monoisotopic (exact) mass is 270 g/mol. The third-order valence-corrected chi connectivity index (χ3v) is 2.27. The van der Waals surface area contributed by atoms with E-state index in [0.717, 1.165) is 0 Å². The first-order valence-corrected chi connectivity index (χ1v) is 5.29. The van der Waals surface area contributed by atoms with Crippen LogP contribution in [0.25, 0.3) is 10.9 Å². The van der Waals surface area contributed by atoms with E-state index in [4.69, 9.17) is 0 Å². The van der Waals surface area contributed by atoms with Crippen LogP contribution in [0, 0.1) is 0 Å². The van der Waals surface area contributed by atoms with Crippen molar-refractivity contribution < 1.29 is 22.8 Å². The predicted octanol–water partition coefficient (Wildman–Crippen LogP) is 2.46. The number of alkyl halides is 3. The van der Waals surface area contributed by atoms with Gasteiger partial charge in [-0.2, -0.15) is 13.2 Å². The van der Waals surface area contributed by atoms with Crippen molar-refractivity contribution in [1.82, 2.24) is 10.5 Å². The Morgan fingerprint density at radius 2 is 2.11 bits per heavy atom. The molecule has 1 amide bonds. The maximum atomic E-state index is 11.8. The highest BCUT2D eigenvalue weighted by Crippen LogP contribution is 2.15. The molecule has 0 aliphatic heterocycles. The molecule has 1 heterocycles. The fourth-order valence-corrected chi connectivity index (χ4v) is 1.46. The van der Waals surface area contributed by atoms with Gasteiger partial charge in [-0.1, -0.05) is 6.07 Å². The van der Waals surface area contributed by atoms with Gasteiger partial charge < -0.3 is 0 Å². The molecule has 1 N–H and O–H groups in total. The van der Waals surface area contributed by atoms with E-state index in [2.05, 4.69) is 9.82 Å². The van der Waals surface area contributed by atoms with E-state index < -0.39 is 18.7 Å². The quantitative estimate of drug-likeness (QED) is 0.872. The van der Waals surface area contributed by atoms with Crippen molar-refractivity contribution in [2.75, 3.05) is 6.61 Å². The molecule has 1 aromatic carbocycles. The molecule has 0 unspecified atom stereocenters. The Labute approximate surface area is 106 Å². The maximum absolute atomic E-state index is 11.8. The van der Waals surface area contributed by atoms with Gasteiger partial charge >= 0.3 is 6.18 Å². The van der Waals surface area contributed by atoms with Crippen molar-refractivity contribution in [3.63, 3.8) is 0 Å². The highest BCUT2D eigenvalue weighted by molar-refractivity contribution is 5.97. The summed E-state index contributed by atoms with van der Waals surface area (Å²) in [5, 5.41) is 0.714. The fraction of sp³-hybridized carbons (Fsp3) is 0.167. The molecule has 0 saturated carbocycles. The van der Waals surface area contributed by atoms with Crippen LogP contribution >= 0.6 is 0 Å². The number of carbonyl (C=O) groups excluding carboxylic acids is 1. The Bertz CT molecular complexity index is 599. The number of carbonyl (C=O) groups is 1. The summed E-state index contributed by atoms with van der Waals surface area (Å²) in [7, 11) is 0. The number of hydrogen-bond acceptors (Lipinski definition) is 3. The second kappa shape index (κ2) is 5.23. The van der Waals surface area contributed by atoms with Gasteiger partial charge in [-0.15, -0.1) is 0 Å². The molecule has 2 aromatic rings. The molecule has 0 bridgehead atoms. The minimum atomic E-state index is -4.49. The third-order valence-electron chi connectivity index (χ3n) is 2.27. The van der Waals surface area contributed by atoms with Gasteiger partial charge in [0.05, 0.1) is 5.52 Å². The third kappa shape index (κ3) is 3.65. The van der Waals surface area contributed by atoms with Gasteiger partial charge in [-0.05, 0) is 24.3 Å². The van der Waals surface area contributed by atoms with E-state index in [1.165, 1.54) is 12.1 Å². The molecule has 0 saturated heterocycles. The number of hydrogen-bond donors (Lipinski definition) is 1. The van der Waals surface area contributed by atoms with Crippen molar-refractivity contribution >= 4 is 16.8 Å². The summed E-state index contributed by atoms with van der Waals surface area (Å²) in [5.74, 6) is -0.741. The molecular formula is C12H9F3N2O2. The average molecular weight is 270 g/mol. The Morgan fingerprint density at radius 1 is 1.32 bits per heavy atom.